The quantitative estimate of drug-likeness (QED) is 0.534. The van der Waals surface area contributed by atoms with Gasteiger partial charge >= 0.3 is 0 Å². The summed E-state index contributed by atoms with van der Waals surface area (Å²) in [5.41, 5.74) is 3.11. The molecule has 1 fully saturated rings. The Balaban J connectivity index is 2.30. The van der Waals surface area contributed by atoms with Crippen LogP contribution in [0.4, 0.5) is 0 Å². The lowest BCUT2D eigenvalue weighted by Gasteiger charge is -2.31. The maximum absolute atomic E-state index is 5.23. The van der Waals surface area contributed by atoms with E-state index in [9.17, 15) is 0 Å². The van der Waals surface area contributed by atoms with Crippen LogP contribution in [-0.4, -0.2) is 37.9 Å². The van der Waals surface area contributed by atoms with Gasteiger partial charge in [-0.2, -0.15) is 0 Å². The van der Waals surface area contributed by atoms with Crippen molar-refractivity contribution in [3.63, 3.8) is 0 Å². The molecule has 1 N–H and O–H groups in total. The molecular weight excluding hydrogens is 116 g/mol. The normalized spacial score (nSPS) is 30.7. The topological polar surface area (TPSA) is 24.5 Å². The molecule has 0 aromatic carbocycles. The van der Waals surface area contributed by atoms with Gasteiger partial charge in [-0.1, -0.05) is 0 Å². The third kappa shape index (κ3) is 1.64. The highest BCUT2D eigenvalue weighted by Crippen LogP contribution is 2.00. The second-order valence-electron chi connectivity index (χ2n) is 2.34. The summed E-state index contributed by atoms with van der Waals surface area (Å²) in [6.45, 7) is 4.85. The van der Waals surface area contributed by atoms with Crippen molar-refractivity contribution < 1.29 is 4.74 Å². The van der Waals surface area contributed by atoms with Gasteiger partial charge in [-0.25, -0.2) is 5.01 Å². The lowest BCUT2D eigenvalue weighted by molar-refractivity contribution is -0.0222. The van der Waals surface area contributed by atoms with E-state index < -0.39 is 0 Å². The third-order valence-corrected chi connectivity index (χ3v) is 1.65. The Morgan fingerprint density at radius 2 is 2.44 bits per heavy atom. The van der Waals surface area contributed by atoms with Crippen molar-refractivity contribution in [1.82, 2.24) is 10.4 Å². The summed E-state index contributed by atoms with van der Waals surface area (Å²) in [4.78, 5) is 0. The molecule has 1 atom stereocenters. The van der Waals surface area contributed by atoms with Gasteiger partial charge in [0.2, 0.25) is 0 Å². The molecule has 1 heterocycles. The van der Waals surface area contributed by atoms with Gasteiger partial charge in [0.05, 0.1) is 13.2 Å². The van der Waals surface area contributed by atoms with Gasteiger partial charge < -0.3 is 4.74 Å². The largest absolute Gasteiger partial charge is 0.378 e. The number of nitrogens with one attached hydrogen (secondary N) is 1. The van der Waals surface area contributed by atoms with Crippen LogP contribution in [0.5, 0.6) is 0 Å². The van der Waals surface area contributed by atoms with Gasteiger partial charge in [0.15, 0.2) is 0 Å². The number of morpholine rings is 1. The van der Waals surface area contributed by atoms with E-state index in [-0.39, 0.29) is 0 Å². The molecule has 0 saturated carbocycles. The summed E-state index contributed by atoms with van der Waals surface area (Å²) < 4.78 is 5.23. The zero-order valence-corrected chi connectivity index (χ0v) is 6.05. The van der Waals surface area contributed by atoms with Crippen LogP contribution in [0.3, 0.4) is 0 Å². The monoisotopic (exact) mass is 130 g/mol. The molecule has 0 bridgehead atoms. The lowest BCUT2D eigenvalue weighted by atomic mass is 10.3. The molecular formula is C6H14N2O. The molecule has 0 aromatic rings. The Morgan fingerprint density at radius 3 is 2.89 bits per heavy atom. The van der Waals surface area contributed by atoms with E-state index in [1.165, 1.54) is 0 Å². The molecule has 0 aliphatic carbocycles. The molecule has 0 amide bonds. The number of ether oxygens (including phenoxy) is 1. The highest BCUT2D eigenvalue weighted by Gasteiger charge is 2.15. The molecule has 0 spiro atoms. The Bertz CT molecular complexity index is 87.1. The first-order valence-corrected chi connectivity index (χ1v) is 3.36. The smallest absolute Gasteiger partial charge is 0.0633 e. The van der Waals surface area contributed by atoms with Crippen LogP contribution in [0, 0.1) is 0 Å². The number of nitrogens with zero attached hydrogens (tertiary/aromatic N) is 1. The predicted molar refractivity (Wildman–Crippen MR) is 36.0 cm³/mol. The summed E-state index contributed by atoms with van der Waals surface area (Å²) >= 11 is 0. The van der Waals surface area contributed by atoms with Gasteiger partial charge in [-0.3, -0.25) is 5.43 Å². The van der Waals surface area contributed by atoms with Gasteiger partial charge in [0.1, 0.15) is 0 Å². The van der Waals surface area contributed by atoms with Crippen LogP contribution in [0.2, 0.25) is 0 Å². The first kappa shape index (κ1) is 6.99. The minimum Gasteiger partial charge on any atom is -0.378 e. The van der Waals surface area contributed by atoms with Crippen LogP contribution in [0.1, 0.15) is 6.92 Å². The van der Waals surface area contributed by atoms with E-state index in [0.717, 1.165) is 19.8 Å². The summed E-state index contributed by atoms with van der Waals surface area (Å²) in [5, 5.41) is 2.18. The molecule has 9 heavy (non-hydrogen) atoms. The predicted octanol–water partition coefficient (Wildman–Crippen LogP) is -0.159. The first-order chi connectivity index (χ1) is 4.34. The van der Waals surface area contributed by atoms with Gasteiger partial charge in [0.25, 0.3) is 0 Å². The van der Waals surface area contributed by atoms with Crippen molar-refractivity contribution in [2.75, 3.05) is 26.8 Å². The van der Waals surface area contributed by atoms with Crippen LogP contribution in [-0.2, 0) is 4.74 Å². The van der Waals surface area contributed by atoms with E-state index in [0.29, 0.717) is 6.04 Å². The molecule has 1 saturated heterocycles. The molecule has 1 aliphatic heterocycles. The fourth-order valence-electron chi connectivity index (χ4n) is 1.06. The molecule has 1 aliphatic rings. The molecule has 0 unspecified atom stereocenters. The van der Waals surface area contributed by atoms with Crippen molar-refractivity contribution in [1.29, 1.82) is 0 Å². The second-order valence-corrected chi connectivity index (χ2v) is 2.34. The standard InChI is InChI=1S/C6H14N2O/c1-6-5-9-4-3-8(6)7-2/h6-7H,3-5H2,1-2H3/t6-/m0/s1. The zero-order chi connectivity index (χ0) is 6.69. The fourth-order valence-corrected chi connectivity index (χ4v) is 1.06. The van der Waals surface area contributed by atoms with Gasteiger partial charge in [-0.05, 0) is 14.0 Å². The zero-order valence-electron chi connectivity index (χ0n) is 6.05. The average Bonchev–Trinajstić information content (AvgIpc) is 1.89. The van der Waals surface area contributed by atoms with E-state index in [1.807, 2.05) is 7.05 Å². The highest BCUT2D eigenvalue weighted by molar-refractivity contribution is 4.65. The minimum absolute atomic E-state index is 0.517. The van der Waals surface area contributed by atoms with Crippen molar-refractivity contribution in [2.45, 2.75) is 13.0 Å². The Hall–Kier alpha value is -0.120. The van der Waals surface area contributed by atoms with Crippen molar-refractivity contribution in [3.05, 3.63) is 0 Å². The lowest BCUT2D eigenvalue weighted by Crippen LogP contribution is -2.49. The van der Waals surface area contributed by atoms with E-state index >= 15 is 0 Å². The fraction of sp³-hybridized carbons (Fsp3) is 1.00. The summed E-state index contributed by atoms with van der Waals surface area (Å²) in [6, 6.07) is 0.517. The Labute approximate surface area is 56.0 Å². The van der Waals surface area contributed by atoms with Crippen molar-refractivity contribution in [3.8, 4) is 0 Å². The van der Waals surface area contributed by atoms with E-state index in [1.54, 1.807) is 0 Å². The maximum atomic E-state index is 5.23. The second kappa shape index (κ2) is 3.15. The van der Waals surface area contributed by atoms with Gasteiger partial charge in [0, 0.05) is 12.6 Å². The maximum Gasteiger partial charge on any atom is 0.0633 e. The third-order valence-electron chi connectivity index (χ3n) is 1.65. The van der Waals surface area contributed by atoms with Gasteiger partial charge in [-0.15, -0.1) is 0 Å². The molecule has 54 valence electrons. The number of hydrazine groups is 1. The molecule has 0 aromatic heterocycles. The molecule has 0 radical (unpaired) electrons. The molecule has 3 heteroatoms. The Morgan fingerprint density at radius 1 is 1.67 bits per heavy atom. The van der Waals surface area contributed by atoms with Crippen LogP contribution < -0.4 is 5.43 Å². The van der Waals surface area contributed by atoms with Crippen molar-refractivity contribution >= 4 is 0 Å². The summed E-state index contributed by atoms with van der Waals surface area (Å²) in [6.07, 6.45) is 0. The number of hydrogen-bond acceptors (Lipinski definition) is 3. The number of hydrogen-bond donors (Lipinski definition) is 1. The van der Waals surface area contributed by atoms with Crippen LogP contribution in [0.25, 0.3) is 0 Å². The number of rotatable bonds is 1. The van der Waals surface area contributed by atoms with Crippen molar-refractivity contribution in [2.24, 2.45) is 0 Å². The highest BCUT2D eigenvalue weighted by atomic mass is 16.5. The van der Waals surface area contributed by atoms with E-state index in [2.05, 4.69) is 17.4 Å². The van der Waals surface area contributed by atoms with Crippen LogP contribution in [0.15, 0.2) is 0 Å². The minimum atomic E-state index is 0.517. The van der Waals surface area contributed by atoms with Crippen LogP contribution >= 0.6 is 0 Å². The Kier molecular flexibility index (Phi) is 2.45. The van der Waals surface area contributed by atoms with E-state index in [4.69, 9.17) is 4.74 Å². The average molecular weight is 130 g/mol. The first-order valence-electron chi connectivity index (χ1n) is 3.36. The summed E-state index contributed by atoms with van der Waals surface area (Å²) in [7, 11) is 1.95. The molecule has 3 nitrogen and oxygen atoms in total. The molecule has 1 rings (SSSR count). The SMILES string of the molecule is CNN1CCOC[C@@H]1C. The summed E-state index contributed by atoms with van der Waals surface area (Å²) in [5.74, 6) is 0.